The van der Waals surface area contributed by atoms with Crippen molar-refractivity contribution in [2.45, 2.75) is 6.92 Å². The molecule has 1 N–H and O–H groups in total. The van der Waals surface area contributed by atoms with E-state index in [0.29, 0.717) is 22.7 Å². The zero-order valence-electron chi connectivity index (χ0n) is 13.8. The van der Waals surface area contributed by atoms with Crippen molar-refractivity contribution in [3.05, 3.63) is 36.2 Å². The first-order valence-corrected chi connectivity index (χ1v) is 7.28. The molecule has 0 saturated heterocycles. The number of carbonyl (C=O) groups is 2. The molecule has 0 atom stereocenters. The molecule has 0 fully saturated rings. The summed E-state index contributed by atoms with van der Waals surface area (Å²) < 4.78 is 11.4. The Hall–Kier alpha value is -3.49. The number of imidazole rings is 1. The number of esters is 1. The molecule has 0 aromatic carbocycles. The van der Waals surface area contributed by atoms with Gasteiger partial charge >= 0.3 is 5.97 Å². The molecule has 9 heteroatoms. The summed E-state index contributed by atoms with van der Waals surface area (Å²) in [5.41, 5.74) is 1.95. The predicted molar refractivity (Wildman–Crippen MR) is 88.4 cm³/mol. The fourth-order valence-electron chi connectivity index (χ4n) is 2.29. The molecule has 3 aromatic heterocycles. The Morgan fingerprint density at radius 1 is 1.24 bits per heavy atom. The van der Waals surface area contributed by atoms with E-state index in [1.165, 1.54) is 25.7 Å². The van der Waals surface area contributed by atoms with Crippen molar-refractivity contribution < 1.29 is 19.1 Å². The van der Waals surface area contributed by atoms with Gasteiger partial charge in [0.1, 0.15) is 5.56 Å². The average Bonchev–Trinajstić information content (AvgIpc) is 3.00. The highest BCUT2D eigenvalue weighted by molar-refractivity contribution is 5.93. The van der Waals surface area contributed by atoms with Gasteiger partial charge in [-0.05, 0) is 18.2 Å². The second-order valence-corrected chi connectivity index (χ2v) is 5.10. The molecule has 25 heavy (non-hydrogen) atoms. The maximum Gasteiger partial charge on any atom is 0.343 e. The molecule has 0 saturated carbocycles. The minimum Gasteiger partial charge on any atom is -0.480 e. The number of nitrogens with zero attached hydrogens (tertiary/aromatic N) is 4. The van der Waals surface area contributed by atoms with Crippen LogP contribution in [0.2, 0.25) is 0 Å². The number of methoxy groups -OCH3 is 2. The molecule has 128 valence electrons. The number of carbonyl (C=O) groups excluding carboxylic acids is 2. The van der Waals surface area contributed by atoms with E-state index in [1.807, 2.05) is 0 Å². The lowest BCUT2D eigenvalue weighted by Crippen LogP contribution is -2.06. The minimum atomic E-state index is -0.553. The number of fused-ring (bicyclic) bond motifs is 1. The van der Waals surface area contributed by atoms with Crippen LogP contribution in [-0.4, -0.2) is 45.7 Å². The summed E-state index contributed by atoms with van der Waals surface area (Å²) in [6.45, 7) is 1.40. The Morgan fingerprint density at radius 2 is 2.04 bits per heavy atom. The fourth-order valence-corrected chi connectivity index (χ4v) is 2.29. The van der Waals surface area contributed by atoms with Gasteiger partial charge in [-0.3, -0.25) is 4.79 Å². The van der Waals surface area contributed by atoms with Crippen LogP contribution in [0.5, 0.6) is 5.88 Å². The Bertz CT molecular complexity index is 966. The Morgan fingerprint density at radius 3 is 2.72 bits per heavy atom. The first kappa shape index (κ1) is 16.4. The van der Waals surface area contributed by atoms with E-state index in [0.717, 1.165) is 0 Å². The normalized spacial score (nSPS) is 10.5. The van der Waals surface area contributed by atoms with Crippen LogP contribution in [0.3, 0.4) is 0 Å². The summed E-state index contributed by atoms with van der Waals surface area (Å²) in [7, 11) is 2.71. The molecule has 3 heterocycles. The van der Waals surface area contributed by atoms with Crippen molar-refractivity contribution in [1.82, 2.24) is 19.6 Å². The summed E-state index contributed by atoms with van der Waals surface area (Å²) in [5.74, 6) is -0.193. The van der Waals surface area contributed by atoms with Gasteiger partial charge in [0.25, 0.3) is 0 Å². The number of nitrogens with one attached hydrogen (secondary N) is 1. The minimum absolute atomic E-state index is 0.173. The smallest absolute Gasteiger partial charge is 0.343 e. The maximum absolute atomic E-state index is 11.9. The highest BCUT2D eigenvalue weighted by atomic mass is 16.5. The lowest BCUT2D eigenvalue weighted by Gasteiger charge is -2.08. The average molecular weight is 341 g/mol. The molecule has 3 aromatic rings. The fraction of sp³-hybridized carbons (Fsp3) is 0.188. The van der Waals surface area contributed by atoms with Crippen LogP contribution in [0.15, 0.2) is 30.6 Å². The maximum atomic E-state index is 11.9. The van der Waals surface area contributed by atoms with Crippen molar-refractivity contribution in [3.8, 4) is 17.1 Å². The highest BCUT2D eigenvalue weighted by Crippen LogP contribution is 2.24. The first-order chi connectivity index (χ1) is 12.0. The number of amides is 1. The Kier molecular flexibility index (Phi) is 4.29. The summed E-state index contributed by atoms with van der Waals surface area (Å²) in [6.07, 6.45) is 3.14. The van der Waals surface area contributed by atoms with Crippen LogP contribution >= 0.6 is 0 Å². The van der Waals surface area contributed by atoms with Crippen molar-refractivity contribution in [2.75, 3.05) is 19.5 Å². The van der Waals surface area contributed by atoms with Gasteiger partial charge in [-0.1, -0.05) is 0 Å². The summed E-state index contributed by atoms with van der Waals surface area (Å²) in [4.78, 5) is 31.4. The molecule has 3 rings (SSSR count). The third kappa shape index (κ3) is 3.25. The van der Waals surface area contributed by atoms with Crippen LogP contribution in [0.4, 0.5) is 5.82 Å². The predicted octanol–water partition coefficient (Wildman–Crippen LogP) is 1.54. The quantitative estimate of drug-likeness (QED) is 0.717. The van der Waals surface area contributed by atoms with Crippen LogP contribution in [0, 0.1) is 0 Å². The number of rotatable bonds is 4. The third-order valence-electron chi connectivity index (χ3n) is 3.37. The summed E-state index contributed by atoms with van der Waals surface area (Å²) in [5, 5.41) is 7.02. The van der Waals surface area contributed by atoms with Crippen molar-refractivity contribution >= 4 is 23.3 Å². The number of pyridine rings is 1. The van der Waals surface area contributed by atoms with Crippen LogP contribution < -0.4 is 10.1 Å². The van der Waals surface area contributed by atoms with E-state index >= 15 is 0 Å². The Balaban J connectivity index is 2.03. The van der Waals surface area contributed by atoms with Gasteiger partial charge < -0.3 is 14.8 Å². The second-order valence-electron chi connectivity index (χ2n) is 5.10. The second kappa shape index (κ2) is 6.56. The molecule has 0 spiro atoms. The zero-order valence-corrected chi connectivity index (χ0v) is 13.8. The van der Waals surface area contributed by atoms with E-state index < -0.39 is 5.97 Å². The lowest BCUT2D eigenvalue weighted by molar-refractivity contribution is -0.114. The molecule has 1 amide bonds. The van der Waals surface area contributed by atoms with E-state index in [-0.39, 0.29) is 17.4 Å². The highest BCUT2D eigenvalue weighted by Gasteiger charge is 2.16. The molecule has 0 radical (unpaired) electrons. The van der Waals surface area contributed by atoms with E-state index in [1.54, 1.807) is 30.6 Å². The molecule has 9 nitrogen and oxygen atoms in total. The molecule has 0 unspecified atom stereocenters. The van der Waals surface area contributed by atoms with Gasteiger partial charge in [-0.2, -0.15) is 5.10 Å². The van der Waals surface area contributed by atoms with E-state index in [9.17, 15) is 9.59 Å². The van der Waals surface area contributed by atoms with Gasteiger partial charge in [0.2, 0.25) is 11.8 Å². The molecule has 0 aliphatic carbocycles. The lowest BCUT2D eigenvalue weighted by atomic mass is 10.1. The van der Waals surface area contributed by atoms with E-state index in [2.05, 4.69) is 20.4 Å². The van der Waals surface area contributed by atoms with Gasteiger partial charge in [-0.15, -0.1) is 0 Å². The molecule has 0 bridgehead atoms. The van der Waals surface area contributed by atoms with Crippen LogP contribution in [0.25, 0.3) is 16.9 Å². The summed E-state index contributed by atoms with van der Waals surface area (Å²) in [6, 6.07) is 5.08. The van der Waals surface area contributed by atoms with Gasteiger partial charge in [0.15, 0.2) is 11.5 Å². The van der Waals surface area contributed by atoms with Gasteiger partial charge in [-0.25, -0.2) is 19.3 Å². The number of hydrogen-bond donors (Lipinski definition) is 1. The van der Waals surface area contributed by atoms with Crippen molar-refractivity contribution in [2.24, 2.45) is 0 Å². The number of aromatic nitrogens is 4. The number of anilines is 1. The molecular formula is C16H15N5O4. The first-order valence-electron chi connectivity index (χ1n) is 7.28. The Labute approximate surface area is 142 Å². The SMILES string of the molecule is COC(=O)c1cc(-c2ccc3nc(NC(C)=O)cn3n2)cnc1OC. The van der Waals surface area contributed by atoms with Crippen molar-refractivity contribution in [3.63, 3.8) is 0 Å². The standard InChI is InChI=1S/C16H15N5O4/c1-9(22)18-13-8-21-14(19-13)5-4-12(20-21)10-6-11(16(23)25-3)15(24-2)17-7-10/h4-8H,1-3H3,(H,18,22). The van der Waals surface area contributed by atoms with Crippen LogP contribution in [-0.2, 0) is 9.53 Å². The van der Waals surface area contributed by atoms with Gasteiger partial charge in [0.05, 0.1) is 26.1 Å². The molecule has 0 aliphatic heterocycles. The molecule has 0 aliphatic rings. The van der Waals surface area contributed by atoms with Crippen molar-refractivity contribution in [1.29, 1.82) is 0 Å². The largest absolute Gasteiger partial charge is 0.480 e. The van der Waals surface area contributed by atoms with E-state index in [4.69, 9.17) is 9.47 Å². The number of ether oxygens (including phenoxy) is 2. The zero-order chi connectivity index (χ0) is 18.0. The third-order valence-corrected chi connectivity index (χ3v) is 3.37. The van der Waals surface area contributed by atoms with Crippen LogP contribution in [0.1, 0.15) is 17.3 Å². The summed E-state index contributed by atoms with van der Waals surface area (Å²) >= 11 is 0. The monoisotopic (exact) mass is 341 g/mol. The molecular weight excluding hydrogens is 326 g/mol. The van der Waals surface area contributed by atoms with Gasteiger partial charge in [0, 0.05) is 18.7 Å². The topological polar surface area (TPSA) is 108 Å². The number of hydrogen-bond acceptors (Lipinski definition) is 7.